The van der Waals surface area contributed by atoms with E-state index >= 15 is 0 Å². The Bertz CT molecular complexity index is 673. The molecule has 2 rings (SSSR count). The van der Waals surface area contributed by atoms with Gasteiger partial charge in [-0.1, -0.05) is 12.8 Å². The summed E-state index contributed by atoms with van der Waals surface area (Å²) >= 11 is 0. The summed E-state index contributed by atoms with van der Waals surface area (Å²) in [7, 11) is -5.77. The first-order chi connectivity index (χ1) is 9.88. The van der Waals surface area contributed by atoms with Crippen molar-refractivity contribution in [3.63, 3.8) is 0 Å². The summed E-state index contributed by atoms with van der Waals surface area (Å²) in [5, 5.41) is 0. The van der Waals surface area contributed by atoms with E-state index in [0.29, 0.717) is 13.1 Å². The van der Waals surface area contributed by atoms with E-state index in [1.807, 2.05) is 0 Å². The summed E-state index contributed by atoms with van der Waals surface area (Å²) in [5.74, 6) is 0. The lowest BCUT2D eigenvalue weighted by Crippen LogP contribution is -2.32. The molecule has 6 nitrogen and oxygen atoms in total. The fraction of sp³-hybridized carbons (Fsp3) is 0.538. The molecule has 0 atom stereocenters. The van der Waals surface area contributed by atoms with Gasteiger partial charge in [-0.15, -0.1) is 0 Å². The summed E-state index contributed by atoms with van der Waals surface area (Å²) in [6.45, 7) is 1.05. The molecule has 21 heavy (non-hydrogen) atoms. The summed E-state index contributed by atoms with van der Waals surface area (Å²) in [5.41, 5.74) is 0. The molecule has 1 aliphatic rings. The standard InChI is InChI=1S/C13H20N2O4S2/c1-14-20(16,17)12-6-8-13(9-7-12)21(18,19)15-10-4-2-3-5-11-15/h6-9,14H,2-5,10-11H2,1H3. The lowest BCUT2D eigenvalue weighted by molar-refractivity contribution is 0.423. The number of nitrogens with one attached hydrogen (secondary N) is 1. The van der Waals surface area contributed by atoms with Crippen molar-refractivity contribution in [2.24, 2.45) is 0 Å². The fourth-order valence-electron chi connectivity index (χ4n) is 2.34. The van der Waals surface area contributed by atoms with Gasteiger partial charge in [-0.05, 0) is 44.2 Å². The van der Waals surface area contributed by atoms with Crippen LogP contribution in [0, 0.1) is 0 Å². The molecule has 1 fully saturated rings. The third-order valence-electron chi connectivity index (χ3n) is 3.61. The zero-order chi connectivity index (χ0) is 15.5. The van der Waals surface area contributed by atoms with Crippen molar-refractivity contribution in [3.8, 4) is 0 Å². The van der Waals surface area contributed by atoms with E-state index in [2.05, 4.69) is 4.72 Å². The largest absolute Gasteiger partial charge is 0.243 e. The van der Waals surface area contributed by atoms with Crippen molar-refractivity contribution >= 4 is 20.0 Å². The Morgan fingerprint density at radius 1 is 0.857 bits per heavy atom. The molecule has 0 spiro atoms. The Balaban J connectivity index is 2.28. The summed E-state index contributed by atoms with van der Waals surface area (Å²) < 4.78 is 52.0. The molecular weight excluding hydrogens is 312 g/mol. The number of benzene rings is 1. The van der Waals surface area contributed by atoms with Gasteiger partial charge >= 0.3 is 0 Å². The molecule has 0 aromatic heterocycles. The average Bonchev–Trinajstić information content (AvgIpc) is 2.77. The van der Waals surface area contributed by atoms with Crippen LogP contribution in [0.25, 0.3) is 0 Å². The number of nitrogens with zero attached hydrogens (tertiary/aromatic N) is 1. The van der Waals surface area contributed by atoms with Crippen LogP contribution in [-0.2, 0) is 20.0 Å². The zero-order valence-electron chi connectivity index (χ0n) is 11.9. The smallest absolute Gasteiger partial charge is 0.214 e. The van der Waals surface area contributed by atoms with Gasteiger partial charge in [-0.2, -0.15) is 4.31 Å². The highest BCUT2D eigenvalue weighted by atomic mass is 32.2. The molecule has 1 aromatic rings. The van der Waals surface area contributed by atoms with E-state index in [4.69, 9.17) is 0 Å². The van der Waals surface area contributed by atoms with Gasteiger partial charge in [-0.25, -0.2) is 21.6 Å². The van der Waals surface area contributed by atoms with Gasteiger partial charge in [0.1, 0.15) is 0 Å². The minimum absolute atomic E-state index is 0.0554. The highest BCUT2D eigenvalue weighted by Gasteiger charge is 2.25. The molecule has 1 heterocycles. The van der Waals surface area contributed by atoms with Gasteiger partial charge in [0, 0.05) is 13.1 Å². The van der Waals surface area contributed by atoms with Crippen molar-refractivity contribution in [1.29, 1.82) is 0 Å². The molecule has 1 aliphatic heterocycles. The minimum Gasteiger partial charge on any atom is -0.214 e. The lowest BCUT2D eigenvalue weighted by atomic mass is 10.2. The second-order valence-corrected chi connectivity index (χ2v) is 8.82. The molecule has 1 aromatic carbocycles. The van der Waals surface area contributed by atoms with Crippen molar-refractivity contribution in [2.45, 2.75) is 35.5 Å². The Labute approximate surface area is 126 Å². The molecule has 0 amide bonds. The first-order valence-electron chi connectivity index (χ1n) is 6.92. The maximum Gasteiger partial charge on any atom is 0.243 e. The van der Waals surface area contributed by atoms with Crippen LogP contribution < -0.4 is 4.72 Å². The van der Waals surface area contributed by atoms with Crippen molar-refractivity contribution in [2.75, 3.05) is 20.1 Å². The summed E-state index contributed by atoms with van der Waals surface area (Å²) in [4.78, 5) is 0.194. The van der Waals surface area contributed by atoms with Gasteiger partial charge in [0.15, 0.2) is 0 Å². The predicted octanol–water partition coefficient (Wildman–Crippen LogP) is 1.16. The van der Waals surface area contributed by atoms with Crippen LogP contribution in [0.3, 0.4) is 0 Å². The second-order valence-electron chi connectivity index (χ2n) is 5.00. The third kappa shape index (κ3) is 3.63. The van der Waals surface area contributed by atoms with Crippen LogP contribution in [0.5, 0.6) is 0 Å². The Morgan fingerprint density at radius 3 is 1.81 bits per heavy atom. The number of sulfonamides is 2. The molecular formula is C13H20N2O4S2. The molecule has 1 saturated heterocycles. The van der Waals surface area contributed by atoms with Crippen LogP contribution in [0.1, 0.15) is 25.7 Å². The maximum atomic E-state index is 12.5. The van der Waals surface area contributed by atoms with Crippen molar-refractivity contribution in [1.82, 2.24) is 9.03 Å². The van der Waals surface area contributed by atoms with Crippen LogP contribution in [0.15, 0.2) is 34.1 Å². The van der Waals surface area contributed by atoms with Crippen LogP contribution in [-0.4, -0.2) is 41.3 Å². The van der Waals surface area contributed by atoms with Gasteiger partial charge in [0.2, 0.25) is 20.0 Å². The predicted molar refractivity (Wildman–Crippen MR) is 79.9 cm³/mol. The molecule has 0 aliphatic carbocycles. The monoisotopic (exact) mass is 332 g/mol. The Kier molecular flexibility index (Phi) is 5.03. The molecule has 0 saturated carbocycles. The van der Waals surface area contributed by atoms with Crippen LogP contribution >= 0.6 is 0 Å². The Morgan fingerprint density at radius 2 is 1.33 bits per heavy atom. The van der Waals surface area contributed by atoms with E-state index in [-0.39, 0.29) is 9.79 Å². The fourth-order valence-corrected chi connectivity index (χ4v) is 4.59. The van der Waals surface area contributed by atoms with Crippen LogP contribution in [0.2, 0.25) is 0 Å². The first-order valence-corrected chi connectivity index (χ1v) is 9.84. The van der Waals surface area contributed by atoms with E-state index in [1.165, 1.54) is 35.6 Å². The van der Waals surface area contributed by atoms with E-state index < -0.39 is 20.0 Å². The average molecular weight is 332 g/mol. The summed E-state index contributed by atoms with van der Waals surface area (Å²) in [6.07, 6.45) is 3.83. The van der Waals surface area contributed by atoms with Crippen molar-refractivity contribution in [3.05, 3.63) is 24.3 Å². The topological polar surface area (TPSA) is 83.5 Å². The highest BCUT2D eigenvalue weighted by Crippen LogP contribution is 2.21. The minimum atomic E-state index is -3.55. The zero-order valence-corrected chi connectivity index (χ0v) is 13.6. The maximum absolute atomic E-state index is 12.5. The van der Waals surface area contributed by atoms with E-state index in [9.17, 15) is 16.8 Å². The third-order valence-corrected chi connectivity index (χ3v) is 6.95. The number of hydrogen-bond donors (Lipinski definition) is 1. The first kappa shape index (κ1) is 16.4. The normalized spacial score (nSPS) is 18.3. The number of rotatable bonds is 4. The number of hydrogen-bond acceptors (Lipinski definition) is 4. The van der Waals surface area contributed by atoms with Gasteiger partial charge < -0.3 is 0 Å². The molecule has 118 valence electrons. The lowest BCUT2D eigenvalue weighted by Gasteiger charge is -2.20. The molecule has 0 unspecified atom stereocenters. The van der Waals surface area contributed by atoms with Crippen LogP contribution in [0.4, 0.5) is 0 Å². The Hall–Kier alpha value is -0.960. The quantitative estimate of drug-likeness (QED) is 0.897. The van der Waals surface area contributed by atoms with Gasteiger partial charge in [0.25, 0.3) is 0 Å². The second kappa shape index (κ2) is 6.43. The molecule has 0 radical (unpaired) electrons. The highest BCUT2D eigenvalue weighted by molar-refractivity contribution is 7.89. The molecule has 8 heteroatoms. The molecule has 1 N–H and O–H groups in total. The van der Waals surface area contributed by atoms with E-state index in [0.717, 1.165) is 25.7 Å². The van der Waals surface area contributed by atoms with Gasteiger partial charge in [0.05, 0.1) is 9.79 Å². The molecule has 0 bridgehead atoms. The van der Waals surface area contributed by atoms with Crippen molar-refractivity contribution < 1.29 is 16.8 Å². The van der Waals surface area contributed by atoms with E-state index in [1.54, 1.807) is 0 Å². The van der Waals surface area contributed by atoms with Gasteiger partial charge in [-0.3, -0.25) is 0 Å². The SMILES string of the molecule is CNS(=O)(=O)c1ccc(S(=O)(=O)N2CCCCCC2)cc1. The summed E-state index contributed by atoms with van der Waals surface area (Å²) in [6, 6.07) is 5.34.